The highest BCUT2D eigenvalue weighted by atomic mass is 33.1. The van der Waals surface area contributed by atoms with Crippen molar-refractivity contribution in [3.8, 4) is 11.5 Å². The van der Waals surface area contributed by atoms with Gasteiger partial charge in [-0.1, -0.05) is 88.3 Å². The van der Waals surface area contributed by atoms with Gasteiger partial charge in [0.25, 0.3) is 0 Å². The average Bonchev–Trinajstić information content (AvgIpc) is 1.77. The Morgan fingerprint density at radius 2 is 0.846 bits per heavy atom. The second-order valence-electron chi connectivity index (χ2n) is 34.1. The lowest BCUT2D eigenvalue weighted by molar-refractivity contribution is -0.143. The van der Waals surface area contributed by atoms with Crippen molar-refractivity contribution in [3.63, 3.8) is 0 Å². The number of amides is 18. The van der Waals surface area contributed by atoms with Gasteiger partial charge in [0.1, 0.15) is 90.0 Å². The zero-order valence-corrected chi connectivity index (χ0v) is 80.7. The van der Waals surface area contributed by atoms with E-state index in [-0.39, 0.29) is 185 Å². The molecule has 0 spiro atoms. The van der Waals surface area contributed by atoms with Crippen LogP contribution in [0.5, 0.6) is 11.5 Å². The summed E-state index contributed by atoms with van der Waals surface area (Å²) in [5.74, 6) is -19.7. The minimum Gasteiger partial charge on any atom is -0.508 e. The summed E-state index contributed by atoms with van der Waals surface area (Å²) in [6, 6.07) is -2.55. The number of hydrogen-bond acceptors (Lipinski definition) is 27. The van der Waals surface area contributed by atoms with Gasteiger partial charge in [0.2, 0.25) is 82.7 Å². The van der Waals surface area contributed by atoms with Crippen LogP contribution < -0.4 is 147 Å². The Bertz CT molecular complexity index is 5050. The van der Waals surface area contributed by atoms with E-state index < -0.39 is 247 Å². The third kappa shape index (κ3) is 43.3. The molecule has 143 heavy (non-hydrogen) atoms. The van der Waals surface area contributed by atoms with Gasteiger partial charge in [0.15, 0.2) is 23.8 Å². The largest absolute Gasteiger partial charge is 0.508 e. The Balaban J connectivity index is 1.62. The summed E-state index contributed by atoms with van der Waals surface area (Å²) in [4.78, 5) is 250. The molecule has 2 fully saturated rings. The van der Waals surface area contributed by atoms with Gasteiger partial charge >= 0.3 is 18.0 Å². The number of carboxylic acids is 1. The van der Waals surface area contributed by atoms with Crippen LogP contribution in [0.3, 0.4) is 0 Å². The SMILES string of the molecule is N=C(N)NCCC[C@H](NC(=O)[C@@H]1CSSC[C@H](NC(=O)[C@H](Cc2ccc3ccccc3c2)NC(=O)[C@H](CCCNC(=N)N)NC(=O)[C@@H](N)CCCNC(=N)N)C(=O)N[C@@H](Cc2ccc(O)cc2)C(=O)N[C@@H](CCCNC(N)=O)C(=O)N[C@@H](CCCCN)C(=O)N[C@H](CCC(=O)O)C(=O)N2CCC[C@H]2C(=O)N[C@@H](Cc2ccc(O)cc2)C(=O)N[C@@H](CCCNC(=N)N)C(=O)N[C@@H](CCCNC(N)=O)C(=O)N1)C(N)=O. The molecule has 18 amide bonds. The number of carboxylic acid groups (broad SMARTS) is 1. The van der Waals surface area contributed by atoms with Crippen LogP contribution in [0, 0.1) is 21.6 Å². The second-order valence-corrected chi connectivity index (χ2v) is 36.7. The summed E-state index contributed by atoms with van der Waals surface area (Å²) in [5, 5.41) is 110. The number of guanidine groups is 4. The van der Waals surface area contributed by atoms with E-state index in [1.807, 2.05) is 6.07 Å². The Kier molecular flexibility index (Phi) is 50.3. The third-order valence-corrected chi connectivity index (χ3v) is 25.3. The van der Waals surface area contributed by atoms with Crippen molar-refractivity contribution >= 4 is 157 Å². The first-order valence-corrected chi connectivity index (χ1v) is 49.1. The summed E-state index contributed by atoms with van der Waals surface area (Å²) >= 11 is 0. The van der Waals surface area contributed by atoms with Crippen molar-refractivity contribution in [2.45, 2.75) is 226 Å². The Morgan fingerprint density at radius 1 is 0.427 bits per heavy atom. The number of phenols is 2. The standard InChI is InChI=1S/C89H136N32O20S2/c90-34-4-3-15-57-74(130)115-62(32-33-69(124)125)83(139)121-41-11-21-68(121)82(138)118-64(44-49-25-30-54(123)31-26-49)78(134)114-59(18-8-38-106-87(99)100)73(129)112-61(20-10-40-108-89(102)141)76(132)119-66(80(136)109-56(70(92)126)16-6-36-104-85(95)96)46-142-143-47-67(81(137)117-63(43-48-23-28-53(122)29-24-48)77(133)113-60(72(128)111-57)19-9-39-107-88(101)140)120-79(135)65(45-50-22-27-51-12-1-2-13-52(51)42-50)116-75(131)58(17-7-37-105-86(97)98)110-71(127)55(91)14-5-35-103-84(93)94/h1-2,12-13,22-31,42,55-68,122-123H,3-11,14-21,32-41,43-47,90-91H2,(H2,92,126)(H,109,136)(H,110,127)(H,111,128)(H,112,129)(H,113,133)(H,114,134)(H,115,130)(H,116,131)(H,117,137)(H,118,138)(H,119,132)(H,120,135)(H,124,125)(H4,93,94,103)(H4,95,96,104)(H4,97,98,105)(H4,99,100,106)(H3,101,107,140)(H3,102,108,141)/t55-,56-,57-,58-,59-,60-,61-,62+,63-,64-,65-,66-,67-,68-/m0/s1. The highest BCUT2D eigenvalue weighted by Crippen LogP contribution is 2.27. The number of nitrogens with one attached hydrogen (secondary N) is 22. The molecule has 4 aromatic rings. The van der Waals surface area contributed by atoms with Crippen LogP contribution in [0.2, 0.25) is 0 Å². The maximum atomic E-state index is 16.0. The molecule has 54 heteroatoms. The fourth-order valence-electron chi connectivity index (χ4n) is 15.3. The van der Waals surface area contributed by atoms with Gasteiger partial charge in [0, 0.05) is 83.0 Å². The molecule has 4 aromatic carbocycles. The number of aromatic hydroxyl groups is 2. The van der Waals surface area contributed by atoms with E-state index in [0.29, 0.717) is 16.5 Å². The zero-order valence-electron chi connectivity index (χ0n) is 79.1. The molecule has 6 rings (SSSR count). The topological polar surface area (TPSA) is 900 Å². The van der Waals surface area contributed by atoms with Crippen LogP contribution >= 0.6 is 21.6 Å². The number of urea groups is 2. The van der Waals surface area contributed by atoms with E-state index in [1.165, 1.54) is 48.5 Å². The normalized spacial score (nSPS) is 20.2. The second kappa shape index (κ2) is 61.6. The molecular weight excluding hydrogens is 1900 g/mol. The average molecular weight is 2040 g/mol. The first kappa shape index (κ1) is 117. The number of hydrogen-bond donors (Lipinski definition) is 34. The predicted molar refractivity (Wildman–Crippen MR) is 531 cm³/mol. The van der Waals surface area contributed by atoms with E-state index >= 15 is 57.5 Å². The highest BCUT2D eigenvalue weighted by Gasteiger charge is 2.43. The Hall–Kier alpha value is -15.0. The van der Waals surface area contributed by atoms with Gasteiger partial charge in [-0.15, -0.1) is 0 Å². The lowest BCUT2D eigenvalue weighted by Crippen LogP contribution is -2.61. The van der Waals surface area contributed by atoms with Gasteiger partial charge in [-0.25, -0.2) is 9.59 Å². The van der Waals surface area contributed by atoms with Crippen LogP contribution in [-0.2, 0) is 91.2 Å². The van der Waals surface area contributed by atoms with E-state index in [4.69, 9.17) is 73.2 Å². The molecular formula is C89H136N32O20S2. The van der Waals surface area contributed by atoms with Gasteiger partial charge in [-0.05, 0) is 174 Å². The lowest BCUT2D eigenvalue weighted by Gasteiger charge is -2.31. The fourth-order valence-corrected chi connectivity index (χ4v) is 17.6. The minimum atomic E-state index is -1.93. The Labute approximate surface area is 832 Å². The van der Waals surface area contributed by atoms with Crippen molar-refractivity contribution in [2.24, 2.45) is 51.6 Å². The molecule has 14 atom stereocenters. The molecule has 2 saturated heterocycles. The number of nitrogens with two attached hydrogens (primary N) is 9. The maximum Gasteiger partial charge on any atom is 0.312 e. The summed E-state index contributed by atoms with van der Waals surface area (Å²) in [7, 11) is 1.47. The van der Waals surface area contributed by atoms with Gasteiger partial charge in [0.05, 0.1) is 6.04 Å². The van der Waals surface area contributed by atoms with Gasteiger partial charge in [-0.3, -0.25) is 93.6 Å². The Morgan fingerprint density at radius 3 is 1.33 bits per heavy atom. The minimum absolute atomic E-state index is 0.00267. The van der Waals surface area contributed by atoms with Crippen LogP contribution in [0.25, 0.3) is 10.8 Å². The molecule has 2 aliphatic rings. The van der Waals surface area contributed by atoms with Crippen molar-refractivity contribution in [3.05, 3.63) is 108 Å². The van der Waals surface area contributed by atoms with Crippen LogP contribution in [0.1, 0.15) is 139 Å². The highest BCUT2D eigenvalue weighted by molar-refractivity contribution is 8.76. The first-order valence-electron chi connectivity index (χ1n) is 46.7. The van der Waals surface area contributed by atoms with Crippen molar-refractivity contribution in [2.75, 3.05) is 63.9 Å². The number of phenolic OH excluding ortho intramolecular Hbond substituents is 2. The molecule has 52 nitrogen and oxygen atoms in total. The third-order valence-electron chi connectivity index (χ3n) is 22.8. The number of carbonyl (C=O) groups excluding carboxylic acids is 16. The zero-order chi connectivity index (χ0) is 105. The summed E-state index contributed by atoms with van der Waals surface area (Å²) < 4.78 is 0. The monoisotopic (exact) mass is 2040 g/mol. The number of unbranched alkanes of at least 4 members (excludes halogenated alkanes) is 1. The molecule has 2 heterocycles. The molecule has 0 unspecified atom stereocenters. The molecule has 0 saturated carbocycles. The smallest absolute Gasteiger partial charge is 0.312 e. The van der Waals surface area contributed by atoms with Crippen LogP contribution in [0.15, 0.2) is 91.0 Å². The molecule has 784 valence electrons. The summed E-state index contributed by atoms with van der Waals surface area (Å²) in [6.07, 6.45) is -4.05. The fraction of sp³-hybridized carbons (Fsp3) is 0.517. The number of aliphatic carboxylic acids is 1. The molecule has 0 radical (unpaired) electrons. The number of primary amides is 3. The van der Waals surface area contributed by atoms with Crippen molar-refractivity contribution in [1.82, 2.24) is 101 Å². The van der Waals surface area contributed by atoms with E-state index in [9.17, 15) is 39.3 Å². The lowest BCUT2D eigenvalue weighted by atomic mass is 10.00. The molecule has 0 aliphatic carbocycles. The quantitative estimate of drug-likeness (QED) is 0.00846. The van der Waals surface area contributed by atoms with E-state index in [0.717, 1.165) is 31.9 Å². The number of carbonyl (C=O) groups is 17. The maximum absolute atomic E-state index is 16.0. The van der Waals surface area contributed by atoms with Crippen molar-refractivity contribution in [1.29, 1.82) is 21.6 Å². The van der Waals surface area contributed by atoms with Gasteiger partial charge in [-0.2, -0.15) is 0 Å². The number of benzene rings is 4. The number of fused-ring (bicyclic) bond motifs is 2. The van der Waals surface area contributed by atoms with Crippen molar-refractivity contribution < 1.29 is 96.8 Å². The van der Waals surface area contributed by atoms with Gasteiger partial charge < -0.3 is 168 Å². The molecule has 43 N–H and O–H groups in total. The molecule has 2 aliphatic heterocycles. The number of nitrogens with zero attached hydrogens (tertiary/aromatic N) is 1. The first-order chi connectivity index (χ1) is 68.1. The predicted octanol–water partition coefficient (Wildman–Crippen LogP) is -6.76. The van der Waals surface area contributed by atoms with Crippen LogP contribution in [-0.4, -0.2) is 293 Å². The molecule has 0 bridgehead atoms. The summed E-state index contributed by atoms with van der Waals surface area (Å²) in [5.41, 5.74) is 52.3. The molecule has 0 aromatic heterocycles. The van der Waals surface area contributed by atoms with E-state index in [2.05, 4.69) is 95.7 Å². The van der Waals surface area contributed by atoms with E-state index in [1.54, 1.807) is 36.4 Å². The number of rotatable bonds is 46. The summed E-state index contributed by atoms with van der Waals surface area (Å²) in [6.45, 7) is -0.557. The van der Waals surface area contributed by atoms with Crippen LogP contribution in [0.4, 0.5) is 9.59 Å².